The molecule has 9 nitrogen and oxygen atoms in total. The molecule has 2 rings (SSSR count). The average molecular weight is 396 g/mol. The van der Waals surface area contributed by atoms with E-state index in [9.17, 15) is 14.4 Å². The third-order valence-corrected chi connectivity index (χ3v) is 3.67. The van der Waals surface area contributed by atoms with Gasteiger partial charge in [-0.25, -0.2) is 0 Å². The number of esters is 1. The summed E-state index contributed by atoms with van der Waals surface area (Å²) < 4.78 is 10.2. The summed E-state index contributed by atoms with van der Waals surface area (Å²) in [6.07, 6.45) is 1.41. The lowest BCUT2D eigenvalue weighted by Crippen LogP contribution is -2.31. The van der Waals surface area contributed by atoms with Crippen molar-refractivity contribution in [2.45, 2.75) is 12.8 Å². The van der Waals surface area contributed by atoms with Crippen molar-refractivity contribution < 1.29 is 23.5 Å². The van der Waals surface area contributed by atoms with Gasteiger partial charge in [0.1, 0.15) is 17.5 Å². The minimum atomic E-state index is -0.815. The number of anilines is 1. The molecule has 0 saturated carbocycles. The third-order valence-electron chi connectivity index (χ3n) is 3.67. The molecule has 1 atom stereocenters. The number of amides is 2. The van der Waals surface area contributed by atoms with Crippen molar-refractivity contribution in [2.75, 3.05) is 18.5 Å². The van der Waals surface area contributed by atoms with E-state index in [1.165, 1.54) is 6.26 Å². The average Bonchev–Trinajstić information content (AvgIpc) is 3.21. The Balaban J connectivity index is 1.91. The number of rotatable bonds is 7. The number of nitrogen functional groups attached to an aromatic ring is 1. The maximum atomic E-state index is 12.0. The summed E-state index contributed by atoms with van der Waals surface area (Å²) in [6, 6.07) is 9.48. The van der Waals surface area contributed by atoms with Crippen molar-refractivity contribution in [3.05, 3.63) is 54.0 Å². The van der Waals surface area contributed by atoms with E-state index in [0.29, 0.717) is 17.0 Å². The SMILES string of the molecule is CCOC(=O)C(CNC(=O)C#CC(=O)Nc1ccc(C(=N)N)cc1)c1ccco1. The van der Waals surface area contributed by atoms with E-state index in [4.69, 9.17) is 20.3 Å². The predicted octanol–water partition coefficient (Wildman–Crippen LogP) is 0.969. The summed E-state index contributed by atoms with van der Waals surface area (Å²) in [5.74, 6) is 1.81. The molecule has 2 aromatic rings. The Hall–Kier alpha value is -4.06. The number of nitrogens with two attached hydrogens (primary N) is 1. The second kappa shape index (κ2) is 10.3. The van der Waals surface area contributed by atoms with Gasteiger partial charge < -0.3 is 25.5 Å². The first kappa shape index (κ1) is 21.2. The topological polar surface area (TPSA) is 148 Å². The van der Waals surface area contributed by atoms with Crippen molar-refractivity contribution >= 4 is 29.3 Å². The van der Waals surface area contributed by atoms with E-state index in [0.717, 1.165) is 0 Å². The second-order valence-electron chi connectivity index (χ2n) is 5.73. The van der Waals surface area contributed by atoms with Crippen LogP contribution in [-0.2, 0) is 19.1 Å². The van der Waals surface area contributed by atoms with Crippen LogP contribution in [0.25, 0.3) is 0 Å². The molecule has 0 aliphatic heterocycles. The predicted molar refractivity (Wildman–Crippen MR) is 105 cm³/mol. The van der Waals surface area contributed by atoms with Crippen LogP contribution in [0.3, 0.4) is 0 Å². The molecule has 0 aliphatic carbocycles. The van der Waals surface area contributed by atoms with Gasteiger partial charge in [-0.05, 0) is 43.3 Å². The standard InChI is InChI=1S/C20H20N4O5/c1-2-28-20(27)15(16-4-3-11-29-16)12-23-17(25)9-10-18(26)24-14-7-5-13(6-8-14)19(21)22/h3-8,11,15H,2,12H2,1H3,(H3,21,22)(H,23,25)(H,24,26). The molecule has 0 spiro atoms. The fraction of sp³-hybridized carbons (Fsp3) is 0.200. The third kappa shape index (κ3) is 6.55. The van der Waals surface area contributed by atoms with Gasteiger partial charge in [-0.1, -0.05) is 0 Å². The molecule has 1 unspecified atom stereocenters. The maximum Gasteiger partial charge on any atom is 0.318 e. The highest BCUT2D eigenvalue weighted by Crippen LogP contribution is 2.17. The second-order valence-corrected chi connectivity index (χ2v) is 5.73. The van der Waals surface area contributed by atoms with Crippen LogP contribution in [0.1, 0.15) is 24.2 Å². The van der Waals surface area contributed by atoms with Gasteiger partial charge in [-0.15, -0.1) is 0 Å². The first-order chi connectivity index (χ1) is 13.9. The number of carbonyl (C=O) groups is 3. The molecule has 1 aromatic carbocycles. The van der Waals surface area contributed by atoms with E-state index in [-0.39, 0.29) is 19.0 Å². The van der Waals surface area contributed by atoms with Gasteiger partial charge >= 0.3 is 11.9 Å². The fourth-order valence-corrected chi connectivity index (χ4v) is 2.28. The molecule has 9 heteroatoms. The molecule has 0 radical (unpaired) electrons. The summed E-state index contributed by atoms with van der Waals surface area (Å²) in [4.78, 5) is 35.8. The lowest BCUT2D eigenvalue weighted by Gasteiger charge is -2.13. The zero-order valence-corrected chi connectivity index (χ0v) is 15.7. The monoisotopic (exact) mass is 396 g/mol. The van der Waals surface area contributed by atoms with Crippen LogP contribution in [-0.4, -0.2) is 36.8 Å². The number of hydrogen-bond acceptors (Lipinski definition) is 6. The van der Waals surface area contributed by atoms with Crippen LogP contribution >= 0.6 is 0 Å². The highest BCUT2D eigenvalue weighted by atomic mass is 16.5. The lowest BCUT2D eigenvalue weighted by molar-refractivity contribution is -0.145. The van der Waals surface area contributed by atoms with Gasteiger partial charge in [0.05, 0.1) is 12.9 Å². The Labute approximate surface area is 167 Å². The first-order valence-electron chi connectivity index (χ1n) is 8.66. The van der Waals surface area contributed by atoms with Crippen LogP contribution in [0.5, 0.6) is 0 Å². The minimum Gasteiger partial charge on any atom is -0.468 e. The number of hydrogen-bond donors (Lipinski definition) is 4. The Morgan fingerprint density at radius 2 is 1.86 bits per heavy atom. The van der Waals surface area contributed by atoms with Crippen molar-refractivity contribution in [3.8, 4) is 11.8 Å². The van der Waals surface area contributed by atoms with E-state index >= 15 is 0 Å². The summed E-state index contributed by atoms with van der Waals surface area (Å²) in [5.41, 5.74) is 6.31. The molecule has 1 aromatic heterocycles. The lowest BCUT2D eigenvalue weighted by atomic mass is 10.1. The van der Waals surface area contributed by atoms with Gasteiger partial charge in [0.2, 0.25) is 0 Å². The van der Waals surface area contributed by atoms with Gasteiger partial charge in [-0.2, -0.15) is 0 Å². The maximum absolute atomic E-state index is 12.0. The number of carbonyl (C=O) groups excluding carboxylic acids is 3. The Kier molecular flexibility index (Phi) is 7.56. The zero-order chi connectivity index (χ0) is 21.2. The van der Waals surface area contributed by atoms with Crippen molar-refractivity contribution in [1.82, 2.24) is 5.32 Å². The van der Waals surface area contributed by atoms with Crippen LogP contribution < -0.4 is 16.4 Å². The fourth-order valence-electron chi connectivity index (χ4n) is 2.28. The zero-order valence-electron chi connectivity index (χ0n) is 15.7. The van der Waals surface area contributed by atoms with Gasteiger partial charge in [0, 0.05) is 29.6 Å². The highest BCUT2D eigenvalue weighted by molar-refractivity contribution is 6.08. The van der Waals surface area contributed by atoms with Crippen molar-refractivity contribution in [3.63, 3.8) is 0 Å². The van der Waals surface area contributed by atoms with E-state index in [1.54, 1.807) is 43.3 Å². The summed E-state index contributed by atoms with van der Waals surface area (Å²) in [6.45, 7) is 1.78. The summed E-state index contributed by atoms with van der Waals surface area (Å²) in [7, 11) is 0. The smallest absolute Gasteiger partial charge is 0.318 e. The number of furan rings is 1. The molecule has 0 aliphatic rings. The molecular weight excluding hydrogens is 376 g/mol. The molecule has 150 valence electrons. The highest BCUT2D eigenvalue weighted by Gasteiger charge is 2.25. The number of ether oxygens (including phenoxy) is 1. The van der Waals surface area contributed by atoms with Crippen molar-refractivity contribution in [2.24, 2.45) is 5.73 Å². The number of amidine groups is 1. The molecule has 0 bridgehead atoms. The summed E-state index contributed by atoms with van der Waals surface area (Å²) in [5, 5.41) is 12.3. The van der Waals surface area contributed by atoms with Crippen molar-refractivity contribution in [1.29, 1.82) is 5.41 Å². The van der Waals surface area contributed by atoms with Gasteiger partial charge in [-0.3, -0.25) is 19.8 Å². The minimum absolute atomic E-state index is 0.0880. The molecule has 29 heavy (non-hydrogen) atoms. The van der Waals surface area contributed by atoms with Crippen LogP contribution in [0, 0.1) is 17.3 Å². The summed E-state index contributed by atoms with van der Waals surface area (Å²) >= 11 is 0. The molecule has 1 heterocycles. The van der Waals surface area contributed by atoms with E-state index in [2.05, 4.69) is 22.5 Å². The quantitative estimate of drug-likeness (QED) is 0.237. The van der Waals surface area contributed by atoms with Gasteiger partial charge in [0.25, 0.3) is 5.91 Å². The normalized spacial score (nSPS) is 10.8. The van der Waals surface area contributed by atoms with Crippen LogP contribution in [0.4, 0.5) is 5.69 Å². The number of benzene rings is 1. The molecular formula is C20H20N4O5. The van der Waals surface area contributed by atoms with Crippen LogP contribution in [0.15, 0.2) is 47.1 Å². The van der Waals surface area contributed by atoms with E-state index < -0.39 is 23.7 Å². The first-order valence-corrected chi connectivity index (χ1v) is 8.66. The Bertz CT molecular complexity index is 939. The molecule has 5 N–H and O–H groups in total. The van der Waals surface area contributed by atoms with Gasteiger partial charge in [0.15, 0.2) is 0 Å². The number of nitrogens with one attached hydrogen (secondary N) is 3. The molecule has 2 amide bonds. The van der Waals surface area contributed by atoms with Crippen LogP contribution in [0.2, 0.25) is 0 Å². The van der Waals surface area contributed by atoms with E-state index in [1.807, 2.05) is 0 Å². The molecule has 0 fully saturated rings. The largest absolute Gasteiger partial charge is 0.468 e. The Morgan fingerprint density at radius 3 is 2.45 bits per heavy atom. The Morgan fingerprint density at radius 1 is 1.17 bits per heavy atom. The molecule has 0 saturated heterocycles.